The van der Waals surface area contributed by atoms with E-state index in [0.29, 0.717) is 22.6 Å². The third-order valence-corrected chi connectivity index (χ3v) is 6.24. The summed E-state index contributed by atoms with van der Waals surface area (Å²) in [7, 11) is 0. The number of aryl methyl sites for hydroxylation is 4. The van der Waals surface area contributed by atoms with Gasteiger partial charge in [0, 0.05) is 11.1 Å². The molecule has 0 unspecified atom stereocenters. The molecule has 0 heterocycles. The molecule has 0 atom stereocenters. The lowest BCUT2D eigenvalue weighted by Gasteiger charge is -2.31. The van der Waals surface area contributed by atoms with Gasteiger partial charge in [0.2, 0.25) is 0 Å². The number of benzene rings is 4. The summed E-state index contributed by atoms with van der Waals surface area (Å²) in [4.78, 5) is 2.02. The number of hydrogen-bond donors (Lipinski definition) is 3. The summed E-state index contributed by atoms with van der Waals surface area (Å²) in [6, 6.07) is 18.5. The third-order valence-electron chi connectivity index (χ3n) is 6.24. The molecule has 0 spiro atoms. The maximum absolute atomic E-state index is 10.7. The van der Waals surface area contributed by atoms with Gasteiger partial charge in [-0.3, -0.25) is 0 Å². The Morgan fingerprint density at radius 3 is 1.60 bits per heavy atom. The highest BCUT2D eigenvalue weighted by atomic mass is 16.5. The van der Waals surface area contributed by atoms with E-state index in [9.17, 15) is 15.3 Å². The number of aromatic hydroxyl groups is 3. The fourth-order valence-corrected chi connectivity index (χ4v) is 4.42. The van der Waals surface area contributed by atoms with E-state index >= 15 is 0 Å². The quantitative estimate of drug-likeness (QED) is 0.277. The van der Waals surface area contributed by atoms with Crippen molar-refractivity contribution in [3.05, 3.63) is 94.0 Å². The highest BCUT2D eigenvalue weighted by Crippen LogP contribution is 2.47. The van der Waals surface area contributed by atoms with Crippen LogP contribution in [-0.2, 0) is 0 Å². The van der Waals surface area contributed by atoms with Gasteiger partial charge < -0.3 is 25.0 Å². The van der Waals surface area contributed by atoms with Crippen LogP contribution in [0.5, 0.6) is 28.7 Å². The van der Waals surface area contributed by atoms with E-state index in [1.807, 2.05) is 82.8 Å². The first-order valence-corrected chi connectivity index (χ1v) is 11.5. The van der Waals surface area contributed by atoms with Crippen LogP contribution in [0, 0.1) is 41.5 Å². The van der Waals surface area contributed by atoms with Gasteiger partial charge in [0.1, 0.15) is 23.0 Å². The van der Waals surface area contributed by atoms with Gasteiger partial charge >= 0.3 is 0 Å². The highest BCUT2D eigenvalue weighted by Gasteiger charge is 2.24. The fourth-order valence-electron chi connectivity index (χ4n) is 4.42. The van der Waals surface area contributed by atoms with Gasteiger partial charge in [-0.2, -0.15) is 0 Å². The van der Waals surface area contributed by atoms with Crippen molar-refractivity contribution < 1.29 is 20.1 Å². The molecular weight excluding hydrogens is 438 g/mol. The zero-order chi connectivity index (χ0) is 25.4. The Balaban J connectivity index is 2.00. The summed E-state index contributed by atoms with van der Waals surface area (Å²) >= 11 is 0. The molecule has 180 valence electrons. The zero-order valence-electron chi connectivity index (χ0n) is 21.0. The predicted octanol–water partition coefficient (Wildman–Crippen LogP) is 7.92. The third kappa shape index (κ3) is 4.62. The van der Waals surface area contributed by atoms with Crippen LogP contribution in [0.25, 0.3) is 0 Å². The molecular formula is C30H31NO4. The summed E-state index contributed by atoms with van der Waals surface area (Å²) in [6.07, 6.45) is 0. The summed E-state index contributed by atoms with van der Waals surface area (Å²) < 4.78 is 6.47. The first-order chi connectivity index (χ1) is 16.6. The number of phenols is 3. The first-order valence-electron chi connectivity index (χ1n) is 11.5. The monoisotopic (exact) mass is 469 g/mol. The van der Waals surface area contributed by atoms with E-state index in [1.54, 1.807) is 24.3 Å². The van der Waals surface area contributed by atoms with Gasteiger partial charge in [-0.1, -0.05) is 12.1 Å². The van der Waals surface area contributed by atoms with Crippen molar-refractivity contribution in [2.45, 2.75) is 41.5 Å². The summed E-state index contributed by atoms with van der Waals surface area (Å²) in [5.74, 6) is 1.86. The van der Waals surface area contributed by atoms with Crippen LogP contribution in [0.2, 0.25) is 0 Å². The van der Waals surface area contributed by atoms with E-state index in [4.69, 9.17) is 4.74 Å². The largest absolute Gasteiger partial charge is 0.508 e. The molecule has 3 N–H and O–H groups in total. The zero-order valence-corrected chi connectivity index (χ0v) is 21.0. The highest BCUT2D eigenvalue weighted by molar-refractivity contribution is 5.85. The molecule has 5 nitrogen and oxygen atoms in total. The molecule has 4 aromatic carbocycles. The number of para-hydroxylation sites is 2. The number of nitrogens with zero attached hydrogens (tertiary/aromatic N) is 1. The molecule has 0 aliphatic heterocycles. The van der Waals surface area contributed by atoms with Gasteiger partial charge in [0.15, 0.2) is 5.75 Å². The van der Waals surface area contributed by atoms with E-state index in [1.165, 1.54) is 0 Å². The Hall–Kier alpha value is -4.12. The topological polar surface area (TPSA) is 73.2 Å². The molecule has 4 aromatic rings. The molecule has 0 aromatic heterocycles. The summed E-state index contributed by atoms with van der Waals surface area (Å²) in [6.45, 7) is 11.4. The van der Waals surface area contributed by atoms with Crippen molar-refractivity contribution in [2.24, 2.45) is 0 Å². The standard InChI is InChI=1S/C30H31NO4/c1-17-11-25(21(5)27(33)13-17)31(26-12-18(2)14-28(34)22(26)6)24-9-7-8-10-29(24)35-30-19(3)15-23(32)16-20(30)4/h7-16,32-34H,1-6H3. The molecule has 0 bridgehead atoms. The molecule has 0 fully saturated rings. The molecule has 0 aliphatic rings. The van der Waals surface area contributed by atoms with Crippen LogP contribution >= 0.6 is 0 Å². The Morgan fingerprint density at radius 2 is 1.09 bits per heavy atom. The molecule has 4 rings (SSSR count). The second-order valence-corrected chi connectivity index (χ2v) is 9.17. The van der Waals surface area contributed by atoms with Crippen molar-refractivity contribution in [2.75, 3.05) is 4.90 Å². The molecule has 5 heteroatoms. The first kappa shape index (κ1) is 24.0. The molecule has 0 radical (unpaired) electrons. The molecule has 0 saturated heterocycles. The van der Waals surface area contributed by atoms with Crippen LogP contribution < -0.4 is 9.64 Å². The maximum atomic E-state index is 10.7. The van der Waals surface area contributed by atoms with Gasteiger partial charge in [-0.25, -0.2) is 0 Å². The smallest absolute Gasteiger partial charge is 0.151 e. The maximum Gasteiger partial charge on any atom is 0.151 e. The molecule has 0 aliphatic carbocycles. The van der Waals surface area contributed by atoms with E-state index in [2.05, 4.69) is 0 Å². The number of anilines is 3. The lowest BCUT2D eigenvalue weighted by Crippen LogP contribution is -2.14. The van der Waals surface area contributed by atoms with Crippen LogP contribution in [0.1, 0.15) is 33.4 Å². The van der Waals surface area contributed by atoms with Crippen LogP contribution in [-0.4, -0.2) is 15.3 Å². The normalized spacial score (nSPS) is 10.9. The molecule has 35 heavy (non-hydrogen) atoms. The van der Waals surface area contributed by atoms with Crippen LogP contribution in [0.3, 0.4) is 0 Å². The summed E-state index contributed by atoms with van der Waals surface area (Å²) in [5.41, 5.74) is 7.19. The summed E-state index contributed by atoms with van der Waals surface area (Å²) in [5, 5.41) is 31.3. The van der Waals surface area contributed by atoms with E-state index in [0.717, 1.165) is 39.3 Å². The van der Waals surface area contributed by atoms with Crippen LogP contribution in [0.4, 0.5) is 17.1 Å². The van der Waals surface area contributed by atoms with Crippen molar-refractivity contribution in [1.82, 2.24) is 0 Å². The Kier molecular flexibility index (Phi) is 6.35. The van der Waals surface area contributed by atoms with E-state index in [-0.39, 0.29) is 17.2 Å². The van der Waals surface area contributed by atoms with Crippen molar-refractivity contribution >= 4 is 17.1 Å². The Labute approximate surface area is 206 Å². The fraction of sp³-hybridized carbons (Fsp3) is 0.200. The van der Waals surface area contributed by atoms with Crippen LogP contribution in [0.15, 0.2) is 60.7 Å². The van der Waals surface area contributed by atoms with E-state index < -0.39 is 0 Å². The van der Waals surface area contributed by atoms with Crippen molar-refractivity contribution in [3.63, 3.8) is 0 Å². The van der Waals surface area contributed by atoms with Gasteiger partial charge in [0.25, 0.3) is 0 Å². The minimum absolute atomic E-state index is 0.194. The SMILES string of the molecule is Cc1cc(O)c(C)c(N(c2ccccc2Oc2c(C)cc(O)cc2C)c2cc(C)cc(O)c2C)c1. The lowest BCUT2D eigenvalue weighted by atomic mass is 10.0. The minimum atomic E-state index is 0.194. The number of rotatable bonds is 5. The van der Waals surface area contributed by atoms with Gasteiger partial charge in [-0.05, 0) is 112 Å². The Morgan fingerprint density at radius 1 is 0.600 bits per heavy atom. The predicted molar refractivity (Wildman–Crippen MR) is 141 cm³/mol. The number of phenolic OH excluding ortho intramolecular Hbond substituents is 3. The average molecular weight is 470 g/mol. The average Bonchev–Trinajstić information content (AvgIpc) is 2.78. The lowest BCUT2D eigenvalue weighted by molar-refractivity contribution is 0.459. The van der Waals surface area contributed by atoms with Crippen molar-refractivity contribution in [3.8, 4) is 28.7 Å². The second kappa shape index (κ2) is 9.26. The second-order valence-electron chi connectivity index (χ2n) is 9.17. The minimum Gasteiger partial charge on any atom is -0.508 e. The van der Waals surface area contributed by atoms with Gasteiger partial charge in [-0.15, -0.1) is 0 Å². The van der Waals surface area contributed by atoms with Gasteiger partial charge in [0.05, 0.1) is 17.1 Å². The van der Waals surface area contributed by atoms with Crippen molar-refractivity contribution in [1.29, 1.82) is 0 Å². The Bertz CT molecular complexity index is 1340. The molecule has 0 saturated carbocycles. The number of ether oxygens (including phenoxy) is 1. The molecule has 0 amide bonds. The number of hydrogen-bond acceptors (Lipinski definition) is 5.